The van der Waals surface area contributed by atoms with E-state index in [9.17, 15) is 14.4 Å². The lowest BCUT2D eigenvalue weighted by atomic mass is 10.1. The number of benzene rings is 1. The van der Waals surface area contributed by atoms with Gasteiger partial charge < -0.3 is 9.88 Å². The third-order valence-corrected chi connectivity index (χ3v) is 4.83. The summed E-state index contributed by atoms with van der Waals surface area (Å²) < 4.78 is 0. The molecule has 0 bridgehead atoms. The van der Waals surface area contributed by atoms with Crippen LogP contribution in [0.1, 0.15) is 30.9 Å². The molecule has 1 aromatic heterocycles. The van der Waals surface area contributed by atoms with Crippen LogP contribution in [0.5, 0.6) is 0 Å². The first-order valence-electron chi connectivity index (χ1n) is 8.93. The average Bonchev–Trinajstić information content (AvgIpc) is 2.78. The van der Waals surface area contributed by atoms with E-state index in [0.717, 1.165) is 12.0 Å². The van der Waals surface area contributed by atoms with Gasteiger partial charge >= 0.3 is 5.69 Å². The van der Waals surface area contributed by atoms with E-state index >= 15 is 0 Å². The second-order valence-electron chi connectivity index (χ2n) is 6.65. The van der Waals surface area contributed by atoms with E-state index in [0.29, 0.717) is 38.2 Å². The molecule has 1 atom stereocenters. The Morgan fingerprint density at radius 3 is 2.58 bits per heavy atom. The van der Waals surface area contributed by atoms with Gasteiger partial charge in [-0.1, -0.05) is 37.3 Å². The van der Waals surface area contributed by atoms with Gasteiger partial charge in [0.25, 0.3) is 5.56 Å². The molecule has 1 amide bonds. The van der Waals surface area contributed by atoms with Gasteiger partial charge in [-0.05, 0) is 12.0 Å². The average molecular weight is 356 g/mol. The molecule has 0 unspecified atom stereocenters. The number of hydrogen-bond acceptors (Lipinski definition) is 4. The molecule has 2 heterocycles. The number of carbonyl (C=O) groups is 1. The van der Waals surface area contributed by atoms with E-state index in [1.54, 1.807) is 0 Å². The quantitative estimate of drug-likeness (QED) is 0.839. The second kappa shape index (κ2) is 8.14. The molecule has 138 valence electrons. The first kappa shape index (κ1) is 18.1. The molecular formula is C19H24N4O3. The Kier molecular flexibility index (Phi) is 5.68. The third-order valence-electron chi connectivity index (χ3n) is 4.83. The zero-order valence-electron chi connectivity index (χ0n) is 14.9. The van der Waals surface area contributed by atoms with Gasteiger partial charge in [-0.25, -0.2) is 4.79 Å². The van der Waals surface area contributed by atoms with Gasteiger partial charge in [-0.3, -0.25) is 19.5 Å². The highest BCUT2D eigenvalue weighted by Crippen LogP contribution is 2.18. The van der Waals surface area contributed by atoms with E-state index in [2.05, 4.69) is 21.8 Å². The first-order valence-corrected chi connectivity index (χ1v) is 8.93. The topological polar surface area (TPSA) is 89.3 Å². The van der Waals surface area contributed by atoms with Gasteiger partial charge in [0, 0.05) is 50.4 Å². The van der Waals surface area contributed by atoms with Crippen LogP contribution < -0.4 is 11.2 Å². The predicted octanol–water partition coefficient (Wildman–Crippen LogP) is 1.08. The molecular weight excluding hydrogens is 332 g/mol. The number of carbonyl (C=O) groups excluding carboxylic acids is 1. The fourth-order valence-electron chi connectivity index (χ4n) is 3.38. The van der Waals surface area contributed by atoms with Crippen LogP contribution in [0.15, 0.2) is 46.1 Å². The van der Waals surface area contributed by atoms with Crippen LogP contribution in [0.4, 0.5) is 0 Å². The standard InChI is InChI=1S/C19H24N4O3/c1-2-16-13-22(12-15-10-20-19(26)21-18(15)25)9-8-17(24)23(16)11-14-6-4-3-5-7-14/h3-7,10,16H,2,8-9,11-13H2,1H3,(H2,20,21,25,26)/t16-/m1/s1. The molecule has 2 aromatic rings. The molecule has 2 N–H and O–H groups in total. The Hall–Kier alpha value is -2.67. The maximum Gasteiger partial charge on any atom is 0.325 e. The molecule has 7 heteroatoms. The summed E-state index contributed by atoms with van der Waals surface area (Å²) in [6.45, 7) is 4.39. The molecule has 1 fully saturated rings. The van der Waals surface area contributed by atoms with E-state index in [1.165, 1.54) is 6.20 Å². The smallest absolute Gasteiger partial charge is 0.325 e. The summed E-state index contributed by atoms with van der Waals surface area (Å²) in [6.07, 6.45) is 2.72. The molecule has 0 aliphatic carbocycles. The minimum Gasteiger partial charge on any atom is -0.334 e. The summed E-state index contributed by atoms with van der Waals surface area (Å²) >= 11 is 0. The largest absolute Gasteiger partial charge is 0.334 e. The molecule has 1 aliphatic heterocycles. The number of hydrogen-bond donors (Lipinski definition) is 2. The van der Waals surface area contributed by atoms with Gasteiger partial charge in [0.1, 0.15) is 0 Å². The predicted molar refractivity (Wildman–Crippen MR) is 98.6 cm³/mol. The van der Waals surface area contributed by atoms with Crippen molar-refractivity contribution in [1.82, 2.24) is 19.8 Å². The molecule has 26 heavy (non-hydrogen) atoms. The Morgan fingerprint density at radius 1 is 1.12 bits per heavy atom. The Labute approximate surface area is 151 Å². The van der Waals surface area contributed by atoms with Crippen LogP contribution in [0.25, 0.3) is 0 Å². The third kappa shape index (κ3) is 4.29. The lowest BCUT2D eigenvalue weighted by molar-refractivity contribution is -0.133. The summed E-state index contributed by atoms with van der Waals surface area (Å²) in [5.41, 5.74) is 0.733. The number of H-pyrrole nitrogens is 2. The summed E-state index contributed by atoms with van der Waals surface area (Å²) in [5, 5.41) is 0. The van der Waals surface area contributed by atoms with Crippen LogP contribution in [-0.2, 0) is 17.9 Å². The lowest BCUT2D eigenvalue weighted by Crippen LogP contribution is -2.42. The molecule has 0 saturated carbocycles. The molecule has 0 radical (unpaired) electrons. The Balaban J connectivity index is 1.75. The normalized spacial score (nSPS) is 18.7. The van der Waals surface area contributed by atoms with Gasteiger partial charge in [0.15, 0.2) is 0 Å². The monoisotopic (exact) mass is 356 g/mol. The van der Waals surface area contributed by atoms with Crippen LogP contribution >= 0.6 is 0 Å². The second-order valence-corrected chi connectivity index (χ2v) is 6.65. The number of nitrogens with zero attached hydrogens (tertiary/aromatic N) is 2. The highest BCUT2D eigenvalue weighted by molar-refractivity contribution is 5.77. The van der Waals surface area contributed by atoms with Crippen molar-refractivity contribution in [2.24, 2.45) is 0 Å². The zero-order valence-corrected chi connectivity index (χ0v) is 14.9. The van der Waals surface area contributed by atoms with Gasteiger partial charge in [-0.15, -0.1) is 0 Å². The number of amides is 1. The van der Waals surface area contributed by atoms with Crippen molar-refractivity contribution in [2.75, 3.05) is 13.1 Å². The van der Waals surface area contributed by atoms with Crippen molar-refractivity contribution in [3.63, 3.8) is 0 Å². The van der Waals surface area contributed by atoms with E-state index in [1.807, 2.05) is 35.2 Å². The van der Waals surface area contributed by atoms with Crippen molar-refractivity contribution in [3.8, 4) is 0 Å². The number of nitrogens with one attached hydrogen (secondary N) is 2. The fourth-order valence-corrected chi connectivity index (χ4v) is 3.38. The van der Waals surface area contributed by atoms with Gasteiger partial charge in [-0.2, -0.15) is 0 Å². The van der Waals surface area contributed by atoms with Crippen LogP contribution in [0.3, 0.4) is 0 Å². The SMILES string of the molecule is CC[C@@H]1CN(Cc2c[nH]c(=O)[nH]c2=O)CCC(=O)N1Cc1ccccc1. The lowest BCUT2D eigenvalue weighted by Gasteiger charge is -2.31. The van der Waals surface area contributed by atoms with Crippen molar-refractivity contribution < 1.29 is 4.79 Å². The highest BCUT2D eigenvalue weighted by atomic mass is 16.2. The summed E-state index contributed by atoms with van der Waals surface area (Å²) in [7, 11) is 0. The fraction of sp³-hybridized carbons (Fsp3) is 0.421. The van der Waals surface area contributed by atoms with Gasteiger partial charge in [0.05, 0.1) is 0 Å². The van der Waals surface area contributed by atoms with Crippen LogP contribution in [0.2, 0.25) is 0 Å². The van der Waals surface area contributed by atoms with E-state index in [-0.39, 0.29) is 17.5 Å². The van der Waals surface area contributed by atoms with Crippen LogP contribution in [0, 0.1) is 0 Å². The minimum atomic E-state index is -0.509. The Bertz CT molecular complexity index is 859. The van der Waals surface area contributed by atoms with Crippen molar-refractivity contribution in [3.05, 3.63) is 68.5 Å². The maximum atomic E-state index is 12.7. The van der Waals surface area contributed by atoms with E-state index in [4.69, 9.17) is 0 Å². The summed E-state index contributed by atoms with van der Waals surface area (Å²) in [6, 6.07) is 10.1. The summed E-state index contributed by atoms with van der Waals surface area (Å²) in [5.74, 6) is 0.138. The molecule has 1 saturated heterocycles. The van der Waals surface area contributed by atoms with Crippen LogP contribution in [-0.4, -0.2) is 44.8 Å². The maximum absolute atomic E-state index is 12.7. The Morgan fingerprint density at radius 2 is 1.88 bits per heavy atom. The van der Waals surface area contributed by atoms with Crippen molar-refractivity contribution >= 4 is 5.91 Å². The zero-order chi connectivity index (χ0) is 18.5. The first-order chi connectivity index (χ1) is 12.6. The molecule has 1 aromatic carbocycles. The number of aromatic amines is 2. The number of rotatable bonds is 5. The van der Waals surface area contributed by atoms with E-state index < -0.39 is 5.69 Å². The number of aromatic nitrogens is 2. The molecule has 0 spiro atoms. The van der Waals surface area contributed by atoms with Crippen molar-refractivity contribution in [2.45, 2.75) is 38.9 Å². The highest BCUT2D eigenvalue weighted by Gasteiger charge is 2.28. The molecule has 7 nitrogen and oxygen atoms in total. The summed E-state index contributed by atoms with van der Waals surface area (Å²) in [4.78, 5) is 44.6. The molecule has 3 rings (SSSR count). The van der Waals surface area contributed by atoms with Crippen molar-refractivity contribution in [1.29, 1.82) is 0 Å². The molecule has 1 aliphatic rings. The minimum absolute atomic E-state index is 0.0899. The van der Waals surface area contributed by atoms with Gasteiger partial charge in [0.2, 0.25) is 5.91 Å².